The fraction of sp³-hybridized carbons (Fsp3) is 0.286. The number of ether oxygens (including phenoxy) is 1. The van der Waals surface area contributed by atoms with Crippen LogP contribution in [0.4, 0.5) is 4.39 Å². The monoisotopic (exact) mass is 294 g/mol. The van der Waals surface area contributed by atoms with Gasteiger partial charge in [0.2, 0.25) is 0 Å². The van der Waals surface area contributed by atoms with Crippen LogP contribution in [0.2, 0.25) is 0 Å². The van der Waals surface area contributed by atoms with Crippen molar-refractivity contribution in [2.45, 2.75) is 19.9 Å². The number of rotatable bonds is 5. The van der Waals surface area contributed by atoms with Crippen molar-refractivity contribution in [3.05, 3.63) is 46.2 Å². The molecule has 0 spiro atoms. The second kappa shape index (κ2) is 6.47. The molecule has 0 radical (unpaired) electrons. The number of nitrogens with zero attached hydrogens (tertiary/aromatic N) is 1. The van der Waals surface area contributed by atoms with Crippen LogP contribution in [0.5, 0.6) is 5.75 Å². The second-order valence-corrected chi connectivity index (χ2v) is 4.91. The van der Waals surface area contributed by atoms with Crippen molar-refractivity contribution >= 4 is 17.2 Å². The lowest BCUT2D eigenvalue weighted by Gasteiger charge is -2.14. The number of halogens is 1. The number of benzene rings is 1. The number of carbonyl (C=O) groups is 1. The number of nitrogens with one attached hydrogen (secondary N) is 1. The van der Waals surface area contributed by atoms with E-state index in [1.165, 1.54) is 17.4 Å². The van der Waals surface area contributed by atoms with E-state index >= 15 is 0 Å². The van der Waals surface area contributed by atoms with Gasteiger partial charge in [0, 0.05) is 5.38 Å². The van der Waals surface area contributed by atoms with E-state index in [-0.39, 0.29) is 17.7 Å². The summed E-state index contributed by atoms with van der Waals surface area (Å²) < 4.78 is 18.9. The summed E-state index contributed by atoms with van der Waals surface area (Å²) in [5, 5.41) is 4.44. The third-order valence-electron chi connectivity index (χ3n) is 2.77. The molecule has 0 aliphatic carbocycles. The van der Waals surface area contributed by atoms with Gasteiger partial charge in [0.1, 0.15) is 5.69 Å². The van der Waals surface area contributed by atoms with E-state index in [1.807, 2.05) is 0 Å². The van der Waals surface area contributed by atoms with E-state index in [9.17, 15) is 9.18 Å². The molecule has 2 rings (SSSR count). The van der Waals surface area contributed by atoms with Crippen molar-refractivity contribution in [3.8, 4) is 5.75 Å². The molecule has 20 heavy (non-hydrogen) atoms. The number of amides is 1. The van der Waals surface area contributed by atoms with Crippen LogP contribution in [0.15, 0.2) is 29.1 Å². The van der Waals surface area contributed by atoms with E-state index in [0.29, 0.717) is 17.9 Å². The first-order valence-corrected chi connectivity index (χ1v) is 7.17. The molecule has 1 amide bonds. The zero-order chi connectivity index (χ0) is 14.5. The smallest absolute Gasteiger partial charge is 0.271 e. The van der Waals surface area contributed by atoms with Gasteiger partial charge in [-0.1, -0.05) is 6.07 Å². The molecule has 1 aromatic carbocycles. The minimum absolute atomic E-state index is 0.217. The zero-order valence-corrected chi connectivity index (χ0v) is 12.0. The fourth-order valence-corrected chi connectivity index (χ4v) is 2.27. The first kappa shape index (κ1) is 14.5. The average Bonchev–Trinajstić information content (AvgIpc) is 2.95. The standard InChI is InChI=1S/C14H15FN2O2S/c1-3-19-13-5-4-10(6-11(13)15)9(2)17-14(18)12-7-20-8-16-12/h4-9H,3H2,1-2H3,(H,17,18)/t9-/m1/s1. The van der Waals surface area contributed by atoms with Crippen LogP contribution < -0.4 is 10.1 Å². The molecule has 0 aliphatic heterocycles. The van der Waals surface area contributed by atoms with Crippen molar-refractivity contribution in [2.24, 2.45) is 0 Å². The molecule has 1 aromatic heterocycles. The summed E-state index contributed by atoms with van der Waals surface area (Å²) in [7, 11) is 0. The molecule has 0 aliphatic rings. The Labute approximate surface area is 120 Å². The Hall–Kier alpha value is -1.95. The molecular formula is C14H15FN2O2S. The Balaban J connectivity index is 2.07. The second-order valence-electron chi connectivity index (χ2n) is 4.19. The molecule has 106 valence electrons. The first-order chi connectivity index (χ1) is 9.61. The Morgan fingerprint density at radius 3 is 2.95 bits per heavy atom. The minimum Gasteiger partial charge on any atom is -0.491 e. The molecule has 4 nitrogen and oxygen atoms in total. The molecule has 1 N–H and O–H groups in total. The van der Waals surface area contributed by atoms with Crippen LogP contribution in [0, 0.1) is 5.82 Å². The summed E-state index contributed by atoms with van der Waals surface area (Å²) in [6.07, 6.45) is 0. The molecule has 1 atom stereocenters. The summed E-state index contributed by atoms with van der Waals surface area (Å²) in [5.74, 6) is -0.485. The molecule has 0 fully saturated rings. The van der Waals surface area contributed by atoms with Crippen LogP contribution in [0.25, 0.3) is 0 Å². The van der Waals surface area contributed by atoms with Gasteiger partial charge in [-0.3, -0.25) is 4.79 Å². The van der Waals surface area contributed by atoms with E-state index in [4.69, 9.17) is 4.74 Å². The molecule has 2 aromatic rings. The highest BCUT2D eigenvalue weighted by Gasteiger charge is 2.14. The third kappa shape index (κ3) is 3.33. The van der Waals surface area contributed by atoms with Gasteiger partial charge in [-0.2, -0.15) is 0 Å². The molecular weight excluding hydrogens is 279 g/mol. The highest BCUT2D eigenvalue weighted by molar-refractivity contribution is 7.07. The summed E-state index contributed by atoms with van der Waals surface area (Å²) in [5.41, 5.74) is 2.64. The van der Waals surface area contributed by atoms with Crippen molar-refractivity contribution in [1.29, 1.82) is 0 Å². The maximum atomic E-state index is 13.8. The van der Waals surface area contributed by atoms with Gasteiger partial charge in [0.05, 0.1) is 18.2 Å². The number of carbonyl (C=O) groups excluding carboxylic acids is 1. The predicted molar refractivity (Wildman–Crippen MR) is 75.6 cm³/mol. The Bertz CT molecular complexity index is 587. The Morgan fingerprint density at radius 2 is 2.35 bits per heavy atom. The molecule has 0 unspecified atom stereocenters. The molecule has 6 heteroatoms. The minimum atomic E-state index is -0.431. The van der Waals surface area contributed by atoms with Gasteiger partial charge in [-0.25, -0.2) is 9.37 Å². The topological polar surface area (TPSA) is 51.2 Å². The van der Waals surface area contributed by atoms with Gasteiger partial charge >= 0.3 is 0 Å². The van der Waals surface area contributed by atoms with E-state index in [1.54, 1.807) is 36.9 Å². The first-order valence-electron chi connectivity index (χ1n) is 6.23. The lowest BCUT2D eigenvalue weighted by Crippen LogP contribution is -2.26. The maximum Gasteiger partial charge on any atom is 0.271 e. The summed E-state index contributed by atoms with van der Waals surface area (Å²) in [6.45, 7) is 4.00. The fourth-order valence-electron chi connectivity index (χ4n) is 1.74. The van der Waals surface area contributed by atoms with Gasteiger partial charge in [-0.05, 0) is 31.5 Å². The SMILES string of the molecule is CCOc1ccc([C@@H](C)NC(=O)c2cscn2)cc1F. The van der Waals surface area contributed by atoms with Crippen molar-refractivity contribution in [3.63, 3.8) is 0 Å². The van der Waals surface area contributed by atoms with E-state index in [2.05, 4.69) is 10.3 Å². The Morgan fingerprint density at radius 1 is 1.55 bits per heavy atom. The van der Waals surface area contributed by atoms with Gasteiger partial charge in [0.15, 0.2) is 11.6 Å². The normalized spacial score (nSPS) is 11.9. The molecule has 0 saturated heterocycles. The quantitative estimate of drug-likeness (QED) is 0.921. The van der Waals surface area contributed by atoms with Crippen molar-refractivity contribution in [2.75, 3.05) is 6.61 Å². The summed E-state index contributed by atoms with van der Waals surface area (Å²) in [6, 6.07) is 4.37. The largest absolute Gasteiger partial charge is 0.491 e. The number of aromatic nitrogens is 1. The highest BCUT2D eigenvalue weighted by atomic mass is 32.1. The molecule has 1 heterocycles. The lowest BCUT2D eigenvalue weighted by molar-refractivity contribution is 0.0935. The maximum absolute atomic E-state index is 13.8. The van der Waals surface area contributed by atoms with Crippen molar-refractivity contribution in [1.82, 2.24) is 10.3 Å². The third-order valence-corrected chi connectivity index (χ3v) is 3.35. The molecule has 0 bridgehead atoms. The van der Waals surface area contributed by atoms with Gasteiger partial charge in [0.25, 0.3) is 5.91 Å². The number of thiazole rings is 1. The van der Waals surface area contributed by atoms with Crippen LogP contribution in [0.1, 0.15) is 35.9 Å². The van der Waals surface area contributed by atoms with E-state index < -0.39 is 5.82 Å². The number of hydrogen-bond donors (Lipinski definition) is 1. The lowest BCUT2D eigenvalue weighted by atomic mass is 10.1. The number of hydrogen-bond acceptors (Lipinski definition) is 4. The summed E-state index contributed by atoms with van der Waals surface area (Å²) >= 11 is 1.35. The van der Waals surface area contributed by atoms with Gasteiger partial charge < -0.3 is 10.1 Å². The van der Waals surface area contributed by atoms with Crippen molar-refractivity contribution < 1.29 is 13.9 Å². The van der Waals surface area contributed by atoms with E-state index in [0.717, 1.165) is 0 Å². The van der Waals surface area contributed by atoms with Crippen LogP contribution in [0.3, 0.4) is 0 Å². The van der Waals surface area contributed by atoms with Crippen LogP contribution in [-0.2, 0) is 0 Å². The Kier molecular flexibility index (Phi) is 4.68. The van der Waals surface area contributed by atoms with Crippen LogP contribution in [-0.4, -0.2) is 17.5 Å². The highest BCUT2D eigenvalue weighted by Crippen LogP contribution is 2.22. The average molecular weight is 294 g/mol. The molecule has 0 saturated carbocycles. The zero-order valence-electron chi connectivity index (χ0n) is 11.2. The predicted octanol–water partition coefficient (Wildman–Crippen LogP) is 3.17. The van der Waals surface area contributed by atoms with Gasteiger partial charge in [-0.15, -0.1) is 11.3 Å². The van der Waals surface area contributed by atoms with Crippen LogP contribution >= 0.6 is 11.3 Å². The summed E-state index contributed by atoms with van der Waals surface area (Å²) in [4.78, 5) is 15.8.